The third kappa shape index (κ3) is 1.69. The van der Waals surface area contributed by atoms with Gasteiger partial charge in [-0.25, -0.2) is 4.98 Å². The van der Waals surface area contributed by atoms with E-state index in [2.05, 4.69) is 11.9 Å². The largest absolute Gasteiger partial charge is 0.386 e. The normalized spacial score (nSPS) is 27.7. The van der Waals surface area contributed by atoms with Crippen molar-refractivity contribution in [2.45, 2.75) is 32.9 Å². The summed E-state index contributed by atoms with van der Waals surface area (Å²) in [6.45, 7) is 4.64. The van der Waals surface area contributed by atoms with Crippen LogP contribution >= 0.6 is 11.3 Å². The third-order valence-corrected chi connectivity index (χ3v) is 4.18. The minimum Gasteiger partial charge on any atom is -0.386 e. The van der Waals surface area contributed by atoms with Crippen LogP contribution in [0.4, 0.5) is 0 Å². The van der Waals surface area contributed by atoms with Gasteiger partial charge in [0, 0.05) is 11.4 Å². The third-order valence-electron chi connectivity index (χ3n) is 2.92. The Morgan fingerprint density at radius 3 is 2.79 bits per heavy atom. The maximum Gasteiger partial charge on any atom is 0.122 e. The molecule has 78 valence electrons. The molecule has 14 heavy (non-hydrogen) atoms. The van der Waals surface area contributed by atoms with Gasteiger partial charge in [-0.2, -0.15) is 0 Å². The highest BCUT2D eigenvalue weighted by Crippen LogP contribution is 2.47. The highest BCUT2D eigenvalue weighted by Gasteiger charge is 2.40. The molecule has 1 aromatic heterocycles. The molecule has 0 aromatic carbocycles. The number of nitrogens with zero attached hydrogens (tertiary/aromatic N) is 1. The molecule has 0 amide bonds. The number of aliphatic hydroxyl groups excluding tert-OH is 1. The van der Waals surface area contributed by atoms with Crippen LogP contribution in [0.15, 0.2) is 0 Å². The summed E-state index contributed by atoms with van der Waals surface area (Å²) in [6, 6.07) is 0. The zero-order valence-electron chi connectivity index (χ0n) is 8.53. The first-order valence-corrected chi connectivity index (χ1v) is 5.79. The molecule has 3 nitrogen and oxygen atoms in total. The summed E-state index contributed by atoms with van der Waals surface area (Å²) in [5.41, 5.74) is 6.54. The molecule has 2 rings (SSSR count). The summed E-state index contributed by atoms with van der Waals surface area (Å²) in [5, 5.41) is 10.8. The molecule has 1 aliphatic rings. The second-order valence-electron chi connectivity index (χ2n) is 4.09. The lowest BCUT2D eigenvalue weighted by atomic mass is 10.2. The molecule has 0 aliphatic heterocycles. The molecule has 0 radical (unpaired) electrons. The van der Waals surface area contributed by atoms with E-state index in [1.165, 1.54) is 0 Å². The minimum atomic E-state index is -0.367. The summed E-state index contributed by atoms with van der Waals surface area (Å²) < 4.78 is 0. The number of aliphatic hydroxyl groups is 1. The van der Waals surface area contributed by atoms with Crippen LogP contribution in [-0.2, 0) is 6.54 Å². The molecule has 1 saturated carbocycles. The first-order chi connectivity index (χ1) is 6.63. The number of aryl methyl sites for hydroxylation is 1. The van der Waals surface area contributed by atoms with Crippen molar-refractivity contribution in [3.63, 3.8) is 0 Å². The van der Waals surface area contributed by atoms with Gasteiger partial charge in [0.25, 0.3) is 0 Å². The average molecular weight is 212 g/mol. The van der Waals surface area contributed by atoms with E-state index in [0.717, 1.165) is 22.0 Å². The second-order valence-corrected chi connectivity index (χ2v) is 5.20. The quantitative estimate of drug-likeness (QED) is 0.800. The van der Waals surface area contributed by atoms with Gasteiger partial charge in [-0.1, -0.05) is 6.92 Å². The Bertz CT molecular complexity index is 337. The monoisotopic (exact) mass is 212 g/mol. The lowest BCUT2D eigenvalue weighted by Gasteiger charge is -2.04. The molecule has 4 heteroatoms. The van der Waals surface area contributed by atoms with Crippen molar-refractivity contribution < 1.29 is 5.11 Å². The lowest BCUT2D eigenvalue weighted by molar-refractivity contribution is 0.147. The van der Waals surface area contributed by atoms with E-state index < -0.39 is 0 Å². The fraction of sp³-hybridized carbons (Fsp3) is 0.700. The zero-order valence-corrected chi connectivity index (χ0v) is 9.34. The standard InChI is InChI=1S/C10H16N2OS/c1-5-3-7(5)9(13)10-12-6(2)8(4-11)14-10/h5,7,9,13H,3-4,11H2,1-2H3. The Morgan fingerprint density at radius 2 is 2.36 bits per heavy atom. The maximum atomic E-state index is 9.97. The molecule has 3 atom stereocenters. The number of rotatable bonds is 3. The average Bonchev–Trinajstić information content (AvgIpc) is 2.75. The predicted octanol–water partition coefficient (Wildman–Crippen LogP) is 1.60. The van der Waals surface area contributed by atoms with Gasteiger partial charge in [-0.15, -0.1) is 11.3 Å². The van der Waals surface area contributed by atoms with Crippen LogP contribution in [0.1, 0.15) is 35.0 Å². The van der Waals surface area contributed by atoms with E-state index in [0.29, 0.717) is 18.4 Å². The van der Waals surface area contributed by atoms with Crippen molar-refractivity contribution in [3.8, 4) is 0 Å². The Hall–Kier alpha value is -0.450. The smallest absolute Gasteiger partial charge is 0.122 e. The SMILES string of the molecule is Cc1nc(C(O)C2CC2C)sc1CN. The predicted molar refractivity (Wildman–Crippen MR) is 57.0 cm³/mol. The molecule has 0 spiro atoms. The van der Waals surface area contributed by atoms with Crippen LogP contribution in [0, 0.1) is 18.8 Å². The van der Waals surface area contributed by atoms with Crippen molar-refractivity contribution in [3.05, 3.63) is 15.6 Å². The van der Waals surface area contributed by atoms with Crippen LogP contribution < -0.4 is 5.73 Å². The molecule has 3 unspecified atom stereocenters. The van der Waals surface area contributed by atoms with E-state index in [9.17, 15) is 5.11 Å². The van der Waals surface area contributed by atoms with Gasteiger partial charge in [0.1, 0.15) is 11.1 Å². The fourth-order valence-corrected chi connectivity index (χ4v) is 2.75. The Balaban J connectivity index is 2.15. The van der Waals surface area contributed by atoms with Gasteiger partial charge >= 0.3 is 0 Å². The molecule has 0 saturated heterocycles. The van der Waals surface area contributed by atoms with Crippen LogP contribution in [0.25, 0.3) is 0 Å². The van der Waals surface area contributed by atoms with Crippen molar-refractivity contribution in [2.75, 3.05) is 0 Å². The van der Waals surface area contributed by atoms with Crippen LogP contribution in [0.5, 0.6) is 0 Å². The summed E-state index contributed by atoms with van der Waals surface area (Å²) in [4.78, 5) is 5.46. The minimum absolute atomic E-state index is 0.367. The number of aromatic nitrogens is 1. The lowest BCUT2D eigenvalue weighted by Crippen LogP contribution is -2.00. The molecule has 1 fully saturated rings. The molecular weight excluding hydrogens is 196 g/mol. The van der Waals surface area contributed by atoms with Crippen LogP contribution in [-0.4, -0.2) is 10.1 Å². The van der Waals surface area contributed by atoms with Gasteiger partial charge in [0.15, 0.2) is 0 Å². The summed E-state index contributed by atoms with van der Waals surface area (Å²) in [5.74, 6) is 1.07. The van der Waals surface area contributed by atoms with E-state index in [-0.39, 0.29) is 6.10 Å². The van der Waals surface area contributed by atoms with Gasteiger partial charge in [-0.3, -0.25) is 0 Å². The highest BCUT2D eigenvalue weighted by molar-refractivity contribution is 7.11. The number of thiazole rings is 1. The summed E-state index contributed by atoms with van der Waals surface area (Å²) in [6.07, 6.45) is 0.756. The van der Waals surface area contributed by atoms with E-state index >= 15 is 0 Å². The zero-order chi connectivity index (χ0) is 10.3. The van der Waals surface area contributed by atoms with Crippen molar-refractivity contribution in [2.24, 2.45) is 17.6 Å². The van der Waals surface area contributed by atoms with Gasteiger partial charge in [0.2, 0.25) is 0 Å². The number of nitrogens with two attached hydrogens (primary N) is 1. The Labute approximate surface area is 88.0 Å². The van der Waals surface area contributed by atoms with Gasteiger partial charge < -0.3 is 10.8 Å². The molecule has 0 bridgehead atoms. The summed E-state index contributed by atoms with van der Waals surface area (Å²) >= 11 is 1.55. The Kier molecular flexibility index (Phi) is 2.60. The number of hydrogen-bond donors (Lipinski definition) is 2. The molecule has 1 heterocycles. The first-order valence-electron chi connectivity index (χ1n) is 4.97. The van der Waals surface area contributed by atoms with Crippen LogP contribution in [0.3, 0.4) is 0 Å². The molecule has 3 N–H and O–H groups in total. The van der Waals surface area contributed by atoms with E-state index in [4.69, 9.17) is 5.73 Å². The van der Waals surface area contributed by atoms with E-state index in [1.54, 1.807) is 11.3 Å². The van der Waals surface area contributed by atoms with Crippen molar-refractivity contribution >= 4 is 11.3 Å². The Morgan fingerprint density at radius 1 is 1.71 bits per heavy atom. The van der Waals surface area contributed by atoms with Crippen LogP contribution in [0.2, 0.25) is 0 Å². The highest BCUT2D eigenvalue weighted by atomic mass is 32.1. The van der Waals surface area contributed by atoms with Crippen molar-refractivity contribution in [1.29, 1.82) is 0 Å². The maximum absolute atomic E-state index is 9.97. The number of hydrogen-bond acceptors (Lipinski definition) is 4. The van der Waals surface area contributed by atoms with Gasteiger partial charge in [-0.05, 0) is 25.2 Å². The summed E-state index contributed by atoms with van der Waals surface area (Å²) in [7, 11) is 0. The second kappa shape index (κ2) is 3.61. The van der Waals surface area contributed by atoms with Crippen molar-refractivity contribution in [1.82, 2.24) is 4.98 Å². The topological polar surface area (TPSA) is 59.1 Å². The first kappa shape index (κ1) is 10.1. The fourth-order valence-electron chi connectivity index (χ4n) is 1.74. The molecule has 1 aliphatic carbocycles. The molecule has 1 aromatic rings. The van der Waals surface area contributed by atoms with E-state index in [1.807, 2.05) is 6.92 Å². The van der Waals surface area contributed by atoms with Gasteiger partial charge in [0.05, 0.1) is 5.69 Å². The molecular formula is C10H16N2OS.